The van der Waals surface area contributed by atoms with Gasteiger partial charge in [0.05, 0.1) is 17.4 Å². The number of hydrogen-bond acceptors (Lipinski definition) is 6. The molecular formula is C31H35ClF3N3O6. The van der Waals surface area contributed by atoms with E-state index in [-0.39, 0.29) is 41.8 Å². The Hall–Kier alpha value is -3.28. The van der Waals surface area contributed by atoms with Crippen molar-refractivity contribution in [1.82, 2.24) is 15.0 Å². The second-order valence-corrected chi connectivity index (χ2v) is 13.5. The highest BCUT2D eigenvalue weighted by atomic mass is 35.5. The number of fused-ring (bicyclic) bond motifs is 1. The molecule has 1 aromatic carbocycles. The molecule has 9 nitrogen and oxygen atoms in total. The van der Waals surface area contributed by atoms with Gasteiger partial charge in [0.1, 0.15) is 29.4 Å². The zero-order valence-corrected chi connectivity index (χ0v) is 25.4. The van der Waals surface area contributed by atoms with Crippen molar-refractivity contribution in [2.45, 2.75) is 84.0 Å². The predicted octanol–water partition coefficient (Wildman–Crippen LogP) is 5.95. The maximum Gasteiger partial charge on any atom is 0.421 e. The van der Waals surface area contributed by atoms with Crippen LogP contribution in [-0.2, 0) is 33.6 Å². The van der Waals surface area contributed by atoms with E-state index in [1.807, 2.05) is 0 Å². The van der Waals surface area contributed by atoms with Gasteiger partial charge in [0.2, 0.25) is 11.8 Å². The number of carboxylic acid groups (broad SMARTS) is 1. The first-order valence-electron chi connectivity index (χ1n) is 15.0. The van der Waals surface area contributed by atoms with Gasteiger partial charge in [0.15, 0.2) is 0 Å². The molecule has 0 radical (unpaired) electrons. The van der Waals surface area contributed by atoms with E-state index in [4.69, 9.17) is 20.9 Å². The summed E-state index contributed by atoms with van der Waals surface area (Å²) in [7, 11) is 0. The Bertz CT molecular complexity index is 1510. The van der Waals surface area contributed by atoms with Crippen LogP contribution in [0.15, 0.2) is 16.7 Å². The number of carbonyl (C=O) groups excluding carboxylic acids is 2. The molecule has 1 saturated heterocycles. The first-order chi connectivity index (χ1) is 20.7. The van der Waals surface area contributed by atoms with Gasteiger partial charge in [-0.2, -0.15) is 13.2 Å². The van der Waals surface area contributed by atoms with Gasteiger partial charge in [-0.3, -0.25) is 14.4 Å². The molecule has 0 bridgehead atoms. The largest absolute Gasteiger partial charge is 0.487 e. The number of benzene rings is 1. The zero-order chi connectivity index (χ0) is 31.6. The third kappa shape index (κ3) is 5.32. The Kier molecular flexibility index (Phi) is 7.65. The molecule has 13 heteroatoms. The number of rotatable bonds is 7. The number of carboxylic acids is 1. The van der Waals surface area contributed by atoms with Crippen LogP contribution < -0.4 is 4.74 Å². The fourth-order valence-corrected chi connectivity index (χ4v) is 7.70. The molecule has 2 aliphatic heterocycles. The third-order valence-corrected chi connectivity index (χ3v) is 10.5. The summed E-state index contributed by atoms with van der Waals surface area (Å²) in [5.41, 5.74) is -1.50. The number of aromatic nitrogens is 1. The van der Waals surface area contributed by atoms with E-state index >= 15 is 0 Å². The molecule has 1 spiro atoms. The SMILES string of the molecule is Cc1onc(COc2ccc(Cl)c3c2C(CN2CC4(CC4)CC2=O)N(C(=O)[C@@H]2CCCC[C@]2(C)C(=O)O)CC3)c1C(F)(F)F. The van der Waals surface area contributed by atoms with Crippen molar-refractivity contribution in [2.24, 2.45) is 16.7 Å². The number of aryl methyl sites for hydroxylation is 1. The Morgan fingerprint density at radius 2 is 1.98 bits per heavy atom. The smallest absolute Gasteiger partial charge is 0.421 e. The summed E-state index contributed by atoms with van der Waals surface area (Å²) in [6.07, 6.45) is 0.212. The molecule has 3 fully saturated rings. The molecule has 2 aromatic rings. The molecule has 2 aliphatic carbocycles. The number of halogens is 4. The van der Waals surface area contributed by atoms with Crippen LogP contribution in [0, 0.1) is 23.7 Å². The second kappa shape index (κ2) is 11.0. The zero-order valence-electron chi connectivity index (χ0n) is 24.6. The molecule has 1 unspecified atom stereocenters. The Labute approximate surface area is 257 Å². The number of likely N-dealkylation sites (tertiary alicyclic amines) is 1. The Balaban J connectivity index is 1.38. The van der Waals surface area contributed by atoms with Gasteiger partial charge in [-0.15, -0.1) is 0 Å². The summed E-state index contributed by atoms with van der Waals surface area (Å²) in [4.78, 5) is 43.3. The molecule has 3 heterocycles. The van der Waals surface area contributed by atoms with Gasteiger partial charge >= 0.3 is 12.1 Å². The quantitative estimate of drug-likeness (QED) is 0.399. The number of aliphatic carboxylic acids is 1. The van der Waals surface area contributed by atoms with Crippen LogP contribution in [0.2, 0.25) is 5.02 Å². The van der Waals surface area contributed by atoms with Crippen LogP contribution >= 0.6 is 11.6 Å². The summed E-state index contributed by atoms with van der Waals surface area (Å²) >= 11 is 6.66. The van der Waals surface area contributed by atoms with Crippen molar-refractivity contribution in [1.29, 1.82) is 0 Å². The minimum Gasteiger partial charge on any atom is -0.487 e. The van der Waals surface area contributed by atoms with Crippen LogP contribution in [0.4, 0.5) is 13.2 Å². The molecule has 238 valence electrons. The second-order valence-electron chi connectivity index (χ2n) is 13.1. The molecule has 1 aromatic heterocycles. The van der Waals surface area contributed by atoms with E-state index in [1.54, 1.807) is 28.9 Å². The number of carbonyl (C=O) groups is 3. The lowest BCUT2D eigenvalue weighted by Crippen LogP contribution is -2.52. The number of ether oxygens (including phenoxy) is 1. The van der Waals surface area contributed by atoms with E-state index < -0.39 is 47.4 Å². The van der Waals surface area contributed by atoms with Crippen molar-refractivity contribution in [3.63, 3.8) is 0 Å². The Morgan fingerprint density at radius 3 is 2.64 bits per heavy atom. The number of alkyl halides is 3. The summed E-state index contributed by atoms with van der Waals surface area (Å²) < 4.78 is 52.0. The number of amides is 2. The lowest BCUT2D eigenvalue weighted by atomic mass is 9.66. The number of nitrogens with zero attached hydrogens (tertiary/aromatic N) is 3. The van der Waals surface area contributed by atoms with E-state index in [2.05, 4.69) is 5.16 Å². The van der Waals surface area contributed by atoms with Crippen LogP contribution in [0.25, 0.3) is 0 Å². The molecule has 44 heavy (non-hydrogen) atoms. The lowest BCUT2D eigenvalue weighted by molar-refractivity contribution is -0.162. The molecule has 6 rings (SSSR count). The van der Waals surface area contributed by atoms with E-state index in [1.165, 1.54) is 6.92 Å². The maximum absolute atomic E-state index is 14.4. The average molecular weight is 638 g/mol. The minimum absolute atomic E-state index is 0.0209. The van der Waals surface area contributed by atoms with Crippen molar-refractivity contribution in [2.75, 3.05) is 19.6 Å². The first kappa shape index (κ1) is 30.7. The average Bonchev–Trinajstić information content (AvgIpc) is 3.48. The van der Waals surface area contributed by atoms with Crippen molar-refractivity contribution < 1.29 is 41.9 Å². The fourth-order valence-electron chi connectivity index (χ4n) is 7.44. The number of hydrogen-bond donors (Lipinski definition) is 1. The highest BCUT2D eigenvalue weighted by Crippen LogP contribution is 2.54. The standard InChI is InChI=1S/C31H35ClF3N3O6/c1-17-26(31(33,34)35)21(36-44-17)15-43-23-7-6-20(32)18-8-12-38(27(40)19-5-3-4-9-29(19,2)28(41)42)22(25(18)23)14-37-16-30(10-11-30)13-24(37)39/h6-7,19,22H,3-5,8-16H2,1-2H3,(H,41,42)/t19-,22?,29-/m0/s1. The predicted molar refractivity (Wildman–Crippen MR) is 151 cm³/mol. The monoisotopic (exact) mass is 637 g/mol. The maximum atomic E-state index is 14.4. The summed E-state index contributed by atoms with van der Waals surface area (Å²) in [5, 5.41) is 14.1. The molecule has 3 atom stereocenters. The third-order valence-electron chi connectivity index (χ3n) is 10.2. The van der Waals surface area contributed by atoms with Gasteiger partial charge in [0, 0.05) is 36.6 Å². The van der Waals surface area contributed by atoms with Crippen LogP contribution in [0.3, 0.4) is 0 Å². The first-order valence-corrected chi connectivity index (χ1v) is 15.4. The van der Waals surface area contributed by atoms with Crippen molar-refractivity contribution in [3.8, 4) is 5.75 Å². The van der Waals surface area contributed by atoms with E-state index in [0.29, 0.717) is 54.8 Å². The molecular weight excluding hydrogens is 603 g/mol. The highest BCUT2D eigenvalue weighted by molar-refractivity contribution is 6.31. The summed E-state index contributed by atoms with van der Waals surface area (Å²) in [6.45, 7) is 3.20. The van der Waals surface area contributed by atoms with Crippen LogP contribution in [0.1, 0.15) is 86.1 Å². The van der Waals surface area contributed by atoms with Crippen molar-refractivity contribution >= 4 is 29.4 Å². The van der Waals surface area contributed by atoms with Crippen LogP contribution in [0.5, 0.6) is 5.75 Å². The van der Waals surface area contributed by atoms with Gasteiger partial charge in [-0.05, 0) is 69.1 Å². The topological polar surface area (TPSA) is 113 Å². The molecule has 1 N–H and O–H groups in total. The highest BCUT2D eigenvalue weighted by Gasteiger charge is 2.54. The van der Waals surface area contributed by atoms with Gasteiger partial charge in [-0.1, -0.05) is 29.6 Å². The normalized spacial score (nSPS) is 26.2. The van der Waals surface area contributed by atoms with Gasteiger partial charge in [-0.25, -0.2) is 0 Å². The van der Waals surface area contributed by atoms with Gasteiger partial charge in [0.25, 0.3) is 0 Å². The van der Waals surface area contributed by atoms with E-state index in [9.17, 15) is 32.7 Å². The minimum atomic E-state index is -4.69. The van der Waals surface area contributed by atoms with E-state index in [0.717, 1.165) is 19.3 Å². The van der Waals surface area contributed by atoms with Crippen molar-refractivity contribution in [3.05, 3.63) is 45.3 Å². The lowest BCUT2D eigenvalue weighted by Gasteiger charge is -2.45. The molecule has 2 amide bonds. The Morgan fingerprint density at radius 1 is 1.23 bits per heavy atom. The molecule has 4 aliphatic rings. The summed E-state index contributed by atoms with van der Waals surface area (Å²) in [5.74, 6) is -2.27. The van der Waals surface area contributed by atoms with Gasteiger partial charge < -0.3 is 24.2 Å². The van der Waals surface area contributed by atoms with Crippen LogP contribution in [-0.4, -0.2) is 57.5 Å². The summed E-state index contributed by atoms with van der Waals surface area (Å²) in [6, 6.07) is 2.42. The molecule has 2 saturated carbocycles. The fraction of sp³-hybridized carbons (Fsp3) is 0.613.